The molecule has 0 aromatic rings. The van der Waals surface area contributed by atoms with E-state index in [9.17, 15) is 9.36 Å². The fourth-order valence-corrected chi connectivity index (χ4v) is 0.639. The van der Waals surface area contributed by atoms with Crippen molar-refractivity contribution in [2.24, 2.45) is 0 Å². The number of aliphatic hydroxyl groups excluding tert-OH is 1. The molecule has 6 nitrogen and oxygen atoms in total. The zero-order chi connectivity index (χ0) is 10.6. The summed E-state index contributed by atoms with van der Waals surface area (Å²) in [5.74, 6) is -2.77. The summed E-state index contributed by atoms with van der Waals surface area (Å²) in [6, 6.07) is 0. The van der Waals surface area contributed by atoms with Crippen molar-refractivity contribution in [2.45, 2.75) is 12.8 Å². The monoisotopic (exact) mass is 210 g/mol. The van der Waals surface area contributed by atoms with E-state index in [1.54, 1.807) is 0 Å². The van der Waals surface area contributed by atoms with Crippen LogP contribution in [-0.2, 0) is 14.1 Å². The van der Waals surface area contributed by atoms with Gasteiger partial charge in [0.05, 0.1) is 0 Å². The predicted molar refractivity (Wildman–Crippen MR) is 43.8 cm³/mol. The fourth-order valence-electron chi connectivity index (χ4n) is 0.371. The number of carbonyl (C=O) groups is 1. The zero-order valence-corrected chi connectivity index (χ0v) is 7.90. The number of esters is 1. The van der Waals surface area contributed by atoms with Crippen LogP contribution in [0.15, 0.2) is 12.2 Å². The fraction of sp³-hybridized carbons (Fsp3) is 0.500. The van der Waals surface area contributed by atoms with Gasteiger partial charge >= 0.3 is 13.6 Å². The van der Waals surface area contributed by atoms with Gasteiger partial charge in [0, 0.05) is 5.57 Å². The van der Waals surface area contributed by atoms with E-state index in [1.807, 2.05) is 0 Å². The largest absolute Gasteiger partial charge is 0.459 e. The Hall–Kier alpha value is -0.680. The van der Waals surface area contributed by atoms with E-state index >= 15 is 0 Å². The molecule has 7 heteroatoms. The summed E-state index contributed by atoms with van der Waals surface area (Å²) >= 11 is 0. The zero-order valence-electron chi connectivity index (χ0n) is 7.01. The molecule has 0 bridgehead atoms. The average Bonchev–Trinajstić information content (AvgIpc) is 1.97. The number of ether oxygens (including phenoxy) is 1. The van der Waals surface area contributed by atoms with Crippen LogP contribution in [0.2, 0.25) is 0 Å². The van der Waals surface area contributed by atoms with Crippen LogP contribution in [0.3, 0.4) is 0 Å². The molecule has 0 aliphatic heterocycles. The van der Waals surface area contributed by atoms with Crippen LogP contribution in [0.25, 0.3) is 0 Å². The number of aliphatic hydroxyl groups is 1. The van der Waals surface area contributed by atoms with E-state index in [-0.39, 0.29) is 5.57 Å². The standard InChI is InChI=1S/C6H11O6P/c1-4(2)6(8)12-3-5(7)13(9,10)11/h5,7H,1,3H2,2H3,(H2,9,10,11). The van der Waals surface area contributed by atoms with Crippen molar-refractivity contribution >= 4 is 13.6 Å². The molecule has 0 aliphatic carbocycles. The Balaban J connectivity index is 3.98. The van der Waals surface area contributed by atoms with Crippen LogP contribution in [0.5, 0.6) is 0 Å². The second-order valence-electron chi connectivity index (χ2n) is 2.45. The highest BCUT2D eigenvalue weighted by molar-refractivity contribution is 7.52. The first-order chi connectivity index (χ1) is 5.75. The summed E-state index contributed by atoms with van der Waals surface area (Å²) in [6.45, 7) is 3.89. The lowest BCUT2D eigenvalue weighted by Gasteiger charge is -2.12. The molecular weight excluding hydrogens is 199 g/mol. The Morgan fingerprint density at radius 2 is 2.08 bits per heavy atom. The molecule has 0 saturated heterocycles. The van der Waals surface area contributed by atoms with Gasteiger partial charge in [0.25, 0.3) is 0 Å². The van der Waals surface area contributed by atoms with E-state index in [0.717, 1.165) is 0 Å². The highest BCUT2D eigenvalue weighted by atomic mass is 31.2. The summed E-state index contributed by atoms with van der Waals surface area (Å²) in [4.78, 5) is 27.5. The third-order valence-corrected chi connectivity index (χ3v) is 2.03. The van der Waals surface area contributed by atoms with E-state index in [4.69, 9.17) is 14.9 Å². The van der Waals surface area contributed by atoms with E-state index < -0.39 is 26.0 Å². The molecule has 0 aromatic heterocycles. The maximum atomic E-state index is 10.7. The molecule has 13 heavy (non-hydrogen) atoms. The van der Waals surface area contributed by atoms with Crippen LogP contribution in [0, 0.1) is 0 Å². The third-order valence-electron chi connectivity index (χ3n) is 1.10. The minimum atomic E-state index is -4.59. The van der Waals surface area contributed by atoms with E-state index in [0.29, 0.717) is 0 Å². The summed E-state index contributed by atoms with van der Waals surface area (Å²) in [7, 11) is -4.59. The minimum absolute atomic E-state index is 0.0953. The van der Waals surface area contributed by atoms with Gasteiger partial charge in [-0.15, -0.1) is 0 Å². The lowest BCUT2D eigenvalue weighted by Crippen LogP contribution is -2.18. The van der Waals surface area contributed by atoms with Crippen molar-refractivity contribution in [3.05, 3.63) is 12.2 Å². The summed E-state index contributed by atoms with van der Waals surface area (Å²) in [5.41, 5.74) is 0.0953. The SMILES string of the molecule is C=C(C)C(=O)OCC(O)P(=O)(O)O. The van der Waals surface area contributed by atoms with Gasteiger partial charge in [-0.2, -0.15) is 0 Å². The molecule has 3 N–H and O–H groups in total. The number of rotatable bonds is 4. The van der Waals surface area contributed by atoms with Gasteiger partial charge in [-0.25, -0.2) is 4.79 Å². The first-order valence-corrected chi connectivity index (χ1v) is 4.99. The molecule has 1 atom stereocenters. The lowest BCUT2D eigenvalue weighted by molar-refractivity contribution is -0.140. The molecular formula is C6H11O6P. The Labute approximate surface area is 75.0 Å². The highest BCUT2D eigenvalue weighted by Crippen LogP contribution is 2.39. The summed E-state index contributed by atoms with van der Waals surface area (Å²) in [5, 5.41) is 8.75. The van der Waals surface area contributed by atoms with E-state index in [2.05, 4.69) is 11.3 Å². The van der Waals surface area contributed by atoms with Crippen molar-refractivity contribution in [1.29, 1.82) is 0 Å². The molecule has 76 valence electrons. The second-order valence-corrected chi connectivity index (χ2v) is 4.22. The molecule has 0 saturated carbocycles. The predicted octanol–water partition coefficient (Wildman–Crippen LogP) is -0.398. The van der Waals surface area contributed by atoms with Crippen molar-refractivity contribution < 1.29 is 29.0 Å². The summed E-state index contributed by atoms with van der Waals surface area (Å²) < 4.78 is 14.7. The molecule has 1 unspecified atom stereocenters. The average molecular weight is 210 g/mol. The maximum absolute atomic E-state index is 10.7. The van der Waals surface area contributed by atoms with Crippen LogP contribution in [0.1, 0.15) is 6.92 Å². The van der Waals surface area contributed by atoms with Crippen molar-refractivity contribution in [1.82, 2.24) is 0 Å². The van der Waals surface area contributed by atoms with Crippen LogP contribution >= 0.6 is 7.60 Å². The topological polar surface area (TPSA) is 104 Å². The van der Waals surface area contributed by atoms with Gasteiger partial charge in [-0.3, -0.25) is 4.57 Å². The van der Waals surface area contributed by atoms with Gasteiger partial charge in [-0.05, 0) is 6.92 Å². The second kappa shape index (κ2) is 4.53. The highest BCUT2D eigenvalue weighted by Gasteiger charge is 2.27. The first-order valence-electron chi connectivity index (χ1n) is 3.31. The van der Waals surface area contributed by atoms with Crippen molar-refractivity contribution in [3.63, 3.8) is 0 Å². The number of hydrogen-bond donors (Lipinski definition) is 3. The van der Waals surface area contributed by atoms with Crippen molar-refractivity contribution in [2.75, 3.05) is 6.61 Å². The van der Waals surface area contributed by atoms with Gasteiger partial charge in [-0.1, -0.05) is 6.58 Å². The Morgan fingerprint density at radius 1 is 1.62 bits per heavy atom. The maximum Gasteiger partial charge on any atom is 0.357 e. The van der Waals surface area contributed by atoms with Gasteiger partial charge in [0.2, 0.25) is 0 Å². The number of carbonyl (C=O) groups excluding carboxylic acids is 1. The normalized spacial score (nSPS) is 13.5. The molecule has 0 aromatic carbocycles. The van der Waals surface area contributed by atoms with Crippen LogP contribution in [-0.4, -0.2) is 33.3 Å². The lowest BCUT2D eigenvalue weighted by atomic mass is 10.4. The van der Waals surface area contributed by atoms with Gasteiger partial charge in [0.1, 0.15) is 6.61 Å². The van der Waals surface area contributed by atoms with Gasteiger partial charge in [0.15, 0.2) is 5.85 Å². The molecule has 0 amide bonds. The minimum Gasteiger partial charge on any atom is -0.459 e. The molecule has 0 aliphatic rings. The quantitative estimate of drug-likeness (QED) is 0.331. The number of hydrogen-bond acceptors (Lipinski definition) is 4. The molecule has 0 radical (unpaired) electrons. The first kappa shape index (κ1) is 12.3. The van der Waals surface area contributed by atoms with E-state index in [1.165, 1.54) is 6.92 Å². The third kappa shape index (κ3) is 4.80. The molecule has 0 spiro atoms. The van der Waals surface area contributed by atoms with Crippen LogP contribution < -0.4 is 0 Å². The van der Waals surface area contributed by atoms with Crippen molar-refractivity contribution in [3.8, 4) is 0 Å². The van der Waals surface area contributed by atoms with Gasteiger partial charge < -0.3 is 19.6 Å². The smallest absolute Gasteiger partial charge is 0.357 e. The molecule has 0 heterocycles. The molecule has 0 fully saturated rings. The van der Waals surface area contributed by atoms with Crippen LogP contribution in [0.4, 0.5) is 0 Å². The Bertz CT molecular complexity index is 254. The Kier molecular flexibility index (Phi) is 4.29. The molecule has 0 rings (SSSR count). The Morgan fingerprint density at radius 3 is 2.38 bits per heavy atom. The summed E-state index contributed by atoms with van der Waals surface area (Å²) in [6.07, 6.45) is 0.